The van der Waals surface area contributed by atoms with Gasteiger partial charge in [0.2, 0.25) is 5.91 Å². The summed E-state index contributed by atoms with van der Waals surface area (Å²) in [7, 11) is 0. The van der Waals surface area contributed by atoms with E-state index in [9.17, 15) is 14.0 Å². The van der Waals surface area contributed by atoms with Crippen molar-refractivity contribution in [3.8, 4) is 0 Å². The molecule has 3 rings (SSSR count). The molecule has 1 amide bonds. The van der Waals surface area contributed by atoms with Crippen LogP contribution in [0.4, 0.5) is 4.39 Å². The average Bonchev–Trinajstić information content (AvgIpc) is 2.67. The van der Waals surface area contributed by atoms with Gasteiger partial charge in [0.1, 0.15) is 11.6 Å². The summed E-state index contributed by atoms with van der Waals surface area (Å²) in [5, 5.41) is 3.52. The lowest BCUT2D eigenvalue weighted by atomic mass is 10.1. The van der Waals surface area contributed by atoms with Gasteiger partial charge in [0.05, 0.1) is 10.9 Å². The number of aryl methyl sites for hydroxylation is 2. The number of nitrogens with zero attached hydrogens (tertiary/aromatic N) is 2. The fraction of sp³-hybridized carbons (Fsp3) is 0.318. The van der Waals surface area contributed by atoms with Gasteiger partial charge >= 0.3 is 0 Å². The zero-order valence-electron chi connectivity index (χ0n) is 16.1. The monoisotopic (exact) mass is 381 g/mol. The van der Waals surface area contributed by atoms with E-state index < -0.39 is 0 Å². The molecule has 0 bridgehead atoms. The second kappa shape index (κ2) is 8.78. The van der Waals surface area contributed by atoms with Gasteiger partial charge in [-0.25, -0.2) is 9.37 Å². The van der Waals surface area contributed by atoms with E-state index >= 15 is 0 Å². The van der Waals surface area contributed by atoms with Crippen molar-refractivity contribution in [1.82, 2.24) is 14.9 Å². The molecule has 5 nitrogen and oxygen atoms in total. The van der Waals surface area contributed by atoms with E-state index in [-0.39, 0.29) is 29.7 Å². The third-order valence-corrected chi connectivity index (χ3v) is 4.80. The molecule has 0 aliphatic heterocycles. The first-order valence-electron chi connectivity index (χ1n) is 9.44. The minimum absolute atomic E-state index is 0.00917. The molecule has 0 saturated carbocycles. The number of aromatic nitrogens is 2. The van der Waals surface area contributed by atoms with E-state index in [1.54, 1.807) is 35.8 Å². The van der Waals surface area contributed by atoms with Gasteiger partial charge in [-0.05, 0) is 56.5 Å². The largest absolute Gasteiger partial charge is 0.354 e. The van der Waals surface area contributed by atoms with Crippen LogP contribution >= 0.6 is 0 Å². The summed E-state index contributed by atoms with van der Waals surface area (Å²) < 4.78 is 14.5. The van der Waals surface area contributed by atoms with Crippen LogP contribution in [0.1, 0.15) is 31.2 Å². The predicted octanol–water partition coefficient (Wildman–Crippen LogP) is 3.37. The normalized spacial score (nSPS) is 12.1. The molecule has 0 aliphatic rings. The number of benzene rings is 2. The van der Waals surface area contributed by atoms with Crippen LogP contribution < -0.4 is 10.9 Å². The molecule has 0 fully saturated rings. The Bertz CT molecular complexity index is 1030. The molecular formula is C22H24FN3O2. The highest BCUT2D eigenvalue weighted by Gasteiger charge is 2.11. The summed E-state index contributed by atoms with van der Waals surface area (Å²) in [6.45, 7) is 4.01. The lowest BCUT2D eigenvalue weighted by Crippen LogP contribution is -2.34. The van der Waals surface area contributed by atoms with Crippen LogP contribution in [0, 0.1) is 12.7 Å². The smallest absolute Gasteiger partial charge is 0.261 e. The molecule has 2 aromatic carbocycles. The second-order valence-electron chi connectivity index (χ2n) is 7.02. The average molecular weight is 381 g/mol. The summed E-state index contributed by atoms with van der Waals surface area (Å²) in [5.74, 6) is 0.241. The summed E-state index contributed by atoms with van der Waals surface area (Å²) in [6.07, 6.45) is 1.73. The number of hydrogen-bond acceptors (Lipinski definition) is 3. The lowest BCUT2D eigenvalue weighted by Gasteiger charge is -2.15. The zero-order valence-corrected chi connectivity index (χ0v) is 16.1. The fourth-order valence-electron chi connectivity index (χ4n) is 3.21. The first kappa shape index (κ1) is 19.7. The highest BCUT2D eigenvalue weighted by atomic mass is 19.1. The molecular weight excluding hydrogens is 357 g/mol. The van der Waals surface area contributed by atoms with Gasteiger partial charge in [0, 0.05) is 19.0 Å². The van der Waals surface area contributed by atoms with Gasteiger partial charge in [0.15, 0.2) is 0 Å². The van der Waals surface area contributed by atoms with E-state index in [0.717, 1.165) is 18.4 Å². The van der Waals surface area contributed by atoms with Crippen LogP contribution in [0.2, 0.25) is 0 Å². The topological polar surface area (TPSA) is 64.0 Å². The van der Waals surface area contributed by atoms with Crippen LogP contribution in [0.3, 0.4) is 0 Å². The minimum Gasteiger partial charge on any atom is -0.354 e. The van der Waals surface area contributed by atoms with Gasteiger partial charge in [-0.1, -0.05) is 24.3 Å². The zero-order chi connectivity index (χ0) is 20.1. The van der Waals surface area contributed by atoms with Crippen molar-refractivity contribution in [3.05, 3.63) is 76.1 Å². The van der Waals surface area contributed by atoms with Gasteiger partial charge in [0.25, 0.3) is 5.56 Å². The number of carbonyl (C=O) groups is 1. The standard InChI is InChI=1S/C22H24FN3O2/c1-15(7-8-17-9-11-18(23)12-10-17)24-21(27)13-14-26-16(2)25-20-6-4-3-5-19(20)22(26)28/h3-6,9-12,15H,7-8,13-14H2,1-2H3,(H,24,27)/t15-/m1/s1. The highest BCUT2D eigenvalue weighted by molar-refractivity contribution is 5.78. The van der Waals surface area contributed by atoms with E-state index in [1.807, 2.05) is 19.1 Å². The molecule has 0 aliphatic carbocycles. The number of halogens is 1. The molecule has 146 valence electrons. The van der Waals surface area contributed by atoms with Crippen molar-refractivity contribution in [3.63, 3.8) is 0 Å². The van der Waals surface area contributed by atoms with E-state index in [4.69, 9.17) is 0 Å². The predicted molar refractivity (Wildman–Crippen MR) is 108 cm³/mol. The molecule has 1 N–H and O–H groups in total. The number of amides is 1. The van der Waals surface area contributed by atoms with Gasteiger partial charge < -0.3 is 5.32 Å². The molecule has 1 atom stereocenters. The Balaban J connectivity index is 1.54. The number of carbonyl (C=O) groups excluding carboxylic acids is 1. The first-order chi connectivity index (χ1) is 13.4. The molecule has 0 unspecified atom stereocenters. The molecule has 0 spiro atoms. The quantitative estimate of drug-likeness (QED) is 0.682. The number of nitrogens with one attached hydrogen (secondary N) is 1. The molecule has 1 heterocycles. The summed E-state index contributed by atoms with van der Waals surface area (Å²) >= 11 is 0. The number of hydrogen-bond donors (Lipinski definition) is 1. The Hall–Kier alpha value is -3.02. The maximum Gasteiger partial charge on any atom is 0.261 e. The molecule has 1 aromatic heterocycles. The Morgan fingerprint density at radius 3 is 2.64 bits per heavy atom. The van der Waals surface area contributed by atoms with E-state index in [2.05, 4.69) is 10.3 Å². The Morgan fingerprint density at radius 2 is 1.89 bits per heavy atom. The van der Waals surface area contributed by atoms with E-state index in [0.29, 0.717) is 23.3 Å². The van der Waals surface area contributed by atoms with Crippen molar-refractivity contribution in [2.45, 2.75) is 45.7 Å². The van der Waals surface area contributed by atoms with Crippen LogP contribution in [0.15, 0.2) is 53.3 Å². The van der Waals surface area contributed by atoms with E-state index in [1.165, 1.54) is 12.1 Å². The van der Waals surface area contributed by atoms with Crippen molar-refractivity contribution < 1.29 is 9.18 Å². The van der Waals surface area contributed by atoms with Crippen molar-refractivity contribution >= 4 is 16.8 Å². The Kier molecular flexibility index (Phi) is 6.19. The molecule has 0 saturated heterocycles. The van der Waals surface area contributed by atoms with Crippen molar-refractivity contribution in [2.75, 3.05) is 0 Å². The summed E-state index contributed by atoms with van der Waals surface area (Å²) in [4.78, 5) is 29.4. The molecule has 6 heteroatoms. The maximum absolute atomic E-state index is 12.9. The van der Waals surface area contributed by atoms with Crippen LogP contribution in [-0.2, 0) is 17.8 Å². The maximum atomic E-state index is 12.9. The third-order valence-electron chi connectivity index (χ3n) is 4.80. The first-order valence-corrected chi connectivity index (χ1v) is 9.44. The Morgan fingerprint density at radius 1 is 1.18 bits per heavy atom. The second-order valence-corrected chi connectivity index (χ2v) is 7.02. The number of rotatable bonds is 7. The Labute approximate surface area is 163 Å². The lowest BCUT2D eigenvalue weighted by molar-refractivity contribution is -0.121. The van der Waals surface area contributed by atoms with Crippen molar-refractivity contribution in [2.24, 2.45) is 0 Å². The van der Waals surface area contributed by atoms with Crippen molar-refractivity contribution in [1.29, 1.82) is 0 Å². The van der Waals surface area contributed by atoms with Gasteiger partial charge in [-0.15, -0.1) is 0 Å². The van der Waals surface area contributed by atoms with Crippen LogP contribution in [0.5, 0.6) is 0 Å². The molecule has 3 aromatic rings. The number of fused-ring (bicyclic) bond motifs is 1. The fourth-order valence-corrected chi connectivity index (χ4v) is 3.21. The SMILES string of the molecule is Cc1nc2ccccc2c(=O)n1CCC(=O)N[C@H](C)CCc1ccc(F)cc1. The molecule has 0 radical (unpaired) electrons. The number of para-hydroxylation sites is 1. The van der Waals surface area contributed by atoms with Gasteiger partial charge in [-0.2, -0.15) is 0 Å². The highest BCUT2D eigenvalue weighted by Crippen LogP contribution is 2.09. The summed E-state index contributed by atoms with van der Waals surface area (Å²) in [5.41, 5.74) is 1.58. The molecule has 28 heavy (non-hydrogen) atoms. The third kappa shape index (κ3) is 4.82. The summed E-state index contributed by atoms with van der Waals surface area (Å²) in [6, 6.07) is 13.6. The van der Waals surface area contributed by atoms with Crippen LogP contribution in [-0.4, -0.2) is 21.5 Å². The van der Waals surface area contributed by atoms with Gasteiger partial charge in [-0.3, -0.25) is 14.2 Å². The van der Waals surface area contributed by atoms with Crippen LogP contribution in [0.25, 0.3) is 10.9 Å². The minimum atomic E-state index is -0.251.